The van der Waals surface area contributed by atoms with Crippen molar-refractivity contribution in [1.82, 2.24) is 4.90 Å². The SMILES string of the molecule is O=C(CSc1ccc2c(c1)OCCO2)N(C1CC1)[C@H]1CCS(=O)(=O)C1. The Morgan fingerprint density at radius 2 is 1.88 bits per heavy atom. The summed E-state index contributed by atoms with van der Waals surface area (Å²) in [5.74, 6) is 2.10. The molecule has 1 aliphatic carbocycles. The highest BCUT2D eigenvalue weighted by atomic mass is 32.2. The lowest BCUT2D eigenvalue weighted by Gasteiger charge is -2.28. The van der Waals surface area contributed by atoms with Crippen LogP contribution in [0.4, 0.5) is 0 Å². The number of thioether (sulfide) groups is 1. The minimum Gasteiger partial charge on any atom is -0.486 e. The van der Waals surface area contributed by atoms with Gasteiger partial charge in [-0.1, -0.05) is 0 Å². The Hall–Kier alpha value is -1.41. The largest absolute Gasteiger partial charge is 0.486 e. The molecule has 6 nitrogen and oxygen atoms in total. The zero-order valence-corrected chi connectivity index (χ0v) is 15.5. The fourth-order valence-electron chi connectivity index (χ4n) is 3.39. The zero-order chi connectivity index (χ0) is 17.4. The molecule has 1 saturated heterocycles. The third kappa shape index (κ3) is 3.89. The molecule has 0 spiro atoms. The molecule has 1 aromatic rings. The first kappa shape index (κ1) is 17.0. The second kappa shape index (κ2) is 6.72. The first-order valence-corrected chi connectivity index (χ1v) is 11.4. The van der Waals surface area contributed by atoms with Crippen molar-refractivity contribution in [3.05, 3.63) is 18.2 Å². The maximum absolute atomic E-state index is 12.7. The number of hydrogen-bond donors (Lipinski definition) is 0. The normalized spacial score (nSPS) is 24.1. The molecule has 1 aromatic carbocycles. The van der Waals surface area contributed by atoms with Crippen molar-refractivity contribution in [2.24, 2.45) is 0 Å². The van der Waals surface area contributed by atoms with E-state index >= 15 is 0 Å². The van der Waals surface area contributed by atoms with E-state index in [0.29, 0.717) is 31.1 Å². The quantitative estimate of drug-likeness (QED) is 0.721. The predicted octanol–water partition coefficient (Wildman–Crippen LogP) is 1.73. The lowest BCUT2D eigenvalue weighted by Crippen LogP contribution is -2.43. The van der Waals surface area contributed by atoms with Crippen LogP contribution < -0.4 is 9.47 Å². The molecule has 0 bridgehead atoms. The van der Waals surface area contributed by atoms with Crippen LogP contribution in [-0.4, -0.2) is 61.8 Å². The van der Waals surface area contributed by atoms with Crippen LogP contribution in [0.15, 0.2) is 23.1 Å². The molecule has 8 heteroatoms. The second-order valence-electron chi connectivity index (χ2n) is 6.68. The van der Waals surface area contributed by atoms with E-state index in [2.05, 4.69) is 0 Å². The monoisotopic (exact) mass is 383 g/mol. The molecular formula is C17H21NO5S2. The molecule has 3 aliphatic rings. The van der Waals surface area contributed by atoms with Crippen molar-refractivity contribution < 1.29 is 22.7 Å². The van der Waals surface area contributed by atoms with Crippen LogP contribution in [0.5, 0.6) is 11.5 Å². The van der Waals surface area contributed by atoms with Gasteiger partial charge in [0.2, 0.25) is 5.91 Å². The van der Waals surface area contributed by atoms with Crippen molar-refractivity contribution in [3.63, 3.8) is 0 Å². The molecule has 1 saturated carbocycles. The number of amides is 1. The Balaban J connectivity index is 1.40. The van der Waals surface area contributed by atoms with Gasteiger partial charge < -0.3 is 14.4 Å². The molecule has 0 unspecified atom stereocenters. The van der Waals surface area contributed by atoms with E-state index < -0.39 is 9.84 Å². The number of rotatable bonds is 5. The molecule has 1 amide bonds. The number of hydrogen-bond acceptors (Lipinski definition) is 6. The first-order valence-electron chi connectivity index (χ1n) is 8.56. The Morgan fingerprint density at radius 1 is 1.12 bits per heavy atom. The summed E-state index contributed by atoms with van der Waals surface area (Å²) in [5.41, 5.74) is 0. The fourth-order valence-corrected chi connectivity index (χ4v) is 5.89. The summed E-state index contributed by atoms with van der Waals surface area (Å²) >= 11 is 1.46. The fraction of sp³-hybridized carbons (Fsp3) is 0.588. The highest BCUT2D eigenvalue weighted by Gasteiger charge is 2.41. The van der Waals surface area contributed by atoms with E-state index in [1.54, 1.807) is 0 Å². The smallest absolute Gasteiger partial charge is 0.233 e. The van der Waals surface area contributed by atoms with Crippen molar-refractivity contribution in [1.29, 1.82) is 0 Å². The minimum atomic E-state index is -2.99. The summed E-state index contributed by atoms with van der Waals surface area (Å²) in [5, 5.41) is 0. The van der Waals surface area contributed by atoms with Gasteiger partial charge in [0.15, 0.2) is 21.3 Å². The van der Waals surface area contributed by atoms with Crippen molar-refractivity contribution in [2.75, 3.05) is 30.5 Å². The van der Waals surface area contributed by atoms with Crippen LogP contribution in [0.1, 0.15) is 19.3 Å². The highest BCUT2D eigenvalue weighted by Crippen LogP contribution is 2.36. The van der Waals surface area contributed by atoms with E-state index in [9.17, 15) is 13.2 Å². The van der Waals surface area contributed by atoms with Crippen LogP contribution in [-0.2, 0) is 14.6 Å². The highest BCUT2D eigenvalue weighted by molar-refractivity contribution is 8.00. The Bertz CT molecular complexity index is 775. The molecule has 2 aliphatic heterocycles. The van der Waals surface area contributed by atoms with Crippen molar-refractivity contribution in [3.8, 4) is 11.5 Å². The molecule has 25 heavy (non-hydrogen) atoms. The van der Waals surface area contributed by atoms with Crippen LogP contribution in [0, 0.1) is 0 Å². The molecule has 2 heterocycles. The number of nitrogens with zero attached hydrogens (tertiary/aromatic N) is 1. The third-order valence-electron chi connectivity index (χ3n) is 4.71. The maximum atomic E-state index is 12.7. The summed E-state index contributed by atoms with van der Waals surface area (Å²) in [6.07, 6.45) is 2.53. The van der Waals surface area contributed by atoms with Crippen LogP contribution in [0.2, 0.25) is 0 Å². The zero-order valence-electron chi connectivity index (χ0n) is 13.8. The maximum Gasteiger partial charge on any atom is 0.233 e. The van der Waals surface area contributed by atoms with Gasteiger partial charge in [-0.15, -0.1) is 11.8 Å². The van der Waals surface area contributed by atoms with Gasteiger partial charge in [0.1, 0.15) is 13.2 Å². The van der Waals surface area contributed by atoms with Crippen molar-refractivity contribution in [2.45, 2.75) is 36.2 Å². The Kier molecular flexibility index (Phi) is 4.58. The van der Waals surface area contributed by atoms with Crippen LogP contribution in [0.25, 0.3) is 0 Å². The van der Waals surface area contributed by atoms with Gasteiger partial charge in [-0.2, -0.15) is 0 Å². The van der Waals surface area contributed by atoms with Gasteiger partial charge in [-0.3, -0.25) is 4.79 Å². The molecule has 136 valence electrons. The minimum absolute atomic E-state index is 0.0319. The summed E-state index contributed by atoms with van der Waals surface area (Å²) in [7, 11) is -2.99. The van der Waals surface area contributed by atoms with E-state index in [0.717, 1.165) is 23.5 Å². The summed E-state index contributed by atoms with van der Waals surface area (Å²) < 4.78 is 34.6. The van der Waals surface area contributed by atoms with Gasteiger partial charge in [0.25, 0.3) is 0 Å². The Labute approximate surface area is 151 Å². The van der Waals surface area contributed by atoms with Gasteiger partial charge in [-0.25, -0.2) is 8.42 Å². The standard InChI is InChI=1S/C17H21NO5S2/c19-17(18(12-1-2-12)13-5-8-25(20,21)11-13)10-24-14-3-4-15-16(9-14)23-7-6-22-15/h3-4,9,12-13H,1-2,5-8,10-11H2/t13-/m0/s1. The molecular weight excluding hydrogens is 362 g/mol. The van der Waals surface area contributed by atoms with E-state index in [-0.39, 0.29) is 29.5 Å². The van der Waals surface area contributed by atoms with Gasteiger partial charge in [0, 0.05) is 17.0 Å². The summed E-state index contributed by atoms with van der Waals surface area (Å²) in [6.45, 7) is 1.09. The summed E-state index contributed by atoms with van der Waals surface area (Å²) in [6, 6.07) is 5.77. The van der Waals surface area contributed by atoms with E-state index in [4.69, 9.17) is 9.47 Å². The van der Waals surface area contributed by atoms with Gasteiger partial charge in [-0.05, 0) is 37.5 Å². The van der Waals surface area contributed by atoms with Gasteiger partial charge >= 0.3 is 0 Å². The lowest BCUT2D eigenvalue weighted by molar-refractivity contribution is -0.130. The number of ether oxygens (including phenoxy) is 2. The molecule has 1 atom stereocenters. The average molecular weight is 383 g/mol. The van der Waals surface area contributed by atoms with Gasteiger partial charge in [0.05, 0.1) is 17.3 Å². The molecule has 0 N–H and O–H groups in total. The number of fused-ring (bicyclic) bond motifs is 1. The van der Waals surface area contributed by atoms with Crippen LogP contribution in [0.3, 0.4) is 0 Å². The predicted molar refractivity (Wildman–Crippen MR) is 95.1 cm³/mol. The summed E-state index contributed by atoms with van der Waals surface area (Å²) in [4.78, 5) is 15.5. The van der Waals surface area contributed by atoms with Crippen molar-refractivity contribution >= 4 is 27.5 Å². The first-order chi connectivity index (χ1) is 12.0. The number of sulfone groups is 1. The topological polar surface area (TPSA) is 72.9 Å². The van der Waals surface area contributed by atoms with E-state index in [1.165, 1.54) is 11.8 Å². The van der Waals surface area contributed by atoms with Crippen LogP contribution >= 0.6 is 11.8 Å². The molecule has 0 aromatic heterocycles. The van der Waals surface area contributed by atoms with E-state index in [1.807, 2.05) is 23.1 Å². The lowest BCUT2D eigenvalue weighted by atomic mass is 10.2. The Morgan fingerprint density at radius 3 is 2.56 bits per heavy atom. The second-order valence-corrected chi connectivity index (χ2v) is 9.96. The molecule has 0 radical (unpaired) electrons. The number of carbonyl (C=O) groups excluding carboxylic acids is 1. The number of carbonyl (C=O) groups is 1. The molecule has 2 fully saturated rings. The average Bonchev–Trinajstić information content (AvgIpc) is 3.36. The molecule has 4 rings (SSSR count). The number of benzene rings is 1. The third-order valence-corrected chi connectivity index (χ3v) is 7.43.